The molecule has 2 heterocycles. The topological polar surface area (TPSA) is 80.8 Å². The number of morpholine rings is 1. The number of aromatic nitrogens is 2. The number of hydrogen-bond donors (Lipinski definition) is 2. The fourth-order valence-electron chi connectivity index (χ4n) is 2.60. The van der Waals surface area contributed by atoms with E-state index in [0.717, 1.165) is 30.2 Å². The summed E-state index contributed by atoms with van der Waals surface area (Å²) in [5.74, 6) is 2.47. The first kappa shape index (κ1) is 19.1. The number of methoxy groups -OCH3 is 2. The van der Waals surface area contributed by atoms with Crippen LogP contribution in [0.3, 0.4) is 0 Å². The molecule has 144 valence electrons. The van der Waals surface area contributed by atoms with Crippen molar-refractivity contribution in [2.75, 3.05) is 50.7 Å². The zero-order chi connectivity index (χ0) is 19.1. The predicted molar refractivity (Wildman–Crippen MR) is 108 cm³/mol. The van der Waals surface area contributed by atoms with Gasteiger partial charge in [-0.2, -0.15) is 9.97 Å². The molecular weight excluding hydrogens is 366 g/mol. The van der Waals surface area contributed by atoms with E-state index in [9.17, 15) is 0 Å². The van der Waals surface area contributed by atoms with Crippen LogP contribution in [0, 0.1) is 0 Å². The second-order valence-corrected chi connectivity index (χ2v) is 6.26. The van der Waals surface area contributed by atoms with Crippen molar-refractivity contribution < 1.29 is 14.2 Å². The maximum Gasteiger partial charge on any atom is 0.234 e. The third-order valence-corrected chi connectivity index (χ3v) is 4.32. The Hall–Kier alpha value is -2.65. The van der Waals surface area contributed by atoms with Crippen LogP contribution in [0.1, 0.15) is 5.56 Å². The molecule has 27 heavy (non-hydrogen) atoms. The molecule has 0 bridgehead atoms. The number of thiocarbonyl (C=S) groups is 1. The van der Waals surface area contributed by atoms with Crippen LogP contribution in [0.15, 0.2) is 30.3 Å². The first-order chi connectivity index (χ1) is 13.2. The third kappa shape index (κ3) is 5.41. The Morgan fingerprint density at radius 2 is 1.89 bits per heavy atom. The molecule has 0 radical (unpaired) electrons. The maximum absolute atomic E-state index is 5.39. The Kier molecular flexibility index (Phi) is 6.61. The van der Waals surface area contributed by atoms with E-state index in [4.69, 9.17) is 26.4 Å². The lowest BCUT2D eigenvalue weighted by Gasteiger charge is -2.28. The predicted octanol–water partition coefficient (Wildman–Crippen LogP) is 1.82. The molecule has 0 atom stereocenters. The monoisotopic (exact) mass is 389 g/mol. The summed E-state index contributed by atoms with van der Waals surface area (Å²) in [4.78, 5) is 11.0. The average Bonchev–Trinajstić information content (AvgIpc) is 2.73. The number of benzene rings is 1. The van der Waals surface area contributed by atoms with E-state index in [2.05, 4.69) is 25.5 Å². The van der Waals surface area contributed by atoms with Crippen molar-refractivity contribution in [3.05, 3.63) is 35.9 Å². The summed E-state index contributed by atoms with van der Waals surface area (Å²) in [5, 5.41) is 6.61. The van der Waals surface area contributed by atoms with Crippen molar-refractivity contribution in [3.63, 3.8) is 0 Å². The largest absolute Gasteiger partial charge is 0.497 e. The highest BCUT2D eigenvalue weighted by Gasteiger charge is 2.15. The van der Waals surface area contributed by atoms with Crippen LogP contribution in [0.25, 0.3) is 0 Å². The first-order valence-electron chi connectivity index (χ1n) is 8.61. The maximum atomic E-state index is 5.39. The van der Waals surface area contributed by atoms with Crippen LogP contribution in [0.4, 0.5) is 11.8 Å². The minimum Gasteiger partial charge on any atom is -0.497 e. The molecule has 0 saturated carbocycles. The van der Waals surface area contributed by atoms with E-state index in [-0.39, 0.29) is 0 Å². The van der Waals surface area contributed by atoms with Gasteiger partial charge in [0, 0.05) is 25.7 Å². The van der Waals surface area contributed by atoms with Crippen LogP contribution in [-0.4, -0.2) is 55.6 Å². The number of hydrogen-bond acceptors (Lipinski definition) is 7. The van der Waals surface area contributed by atoms with Gasteiger partial charge in [0.2, 0.25) is 11.8 Å². The first-order valence-corrected chi connectivity index (χ1v) is 9.02. The second kappa shape index (κ2) is 9.33. The van der Waals surface area contributed by atoms with Gasteiger partial charge in [-0.25, -0.2) is 0 Å². The number of nitrogens with one attached hydrogen (secondary N) is 2. The minimum atomic E-state index is 0.392. The van der Waals surface area contributed by atoms with Gasteiger partial charge >= 0.3 is 0 Å². The molecule has 8 nitrogen and oxygen atoms in total. The SMILES string of the molecule is COc1ccc(CNC(=S)Nc2nc(OC)cc(N3CCOCC3)n2)cc1. The summed E-state index contributed by atoms with van der Waals surface area (Å²) in [7, 11) is 3.22. The molecular formula is C18H23N5O3S. The zero-order valence-electron chi connectivity index (χ0n) is 15.4. The normalized spacial score (nSPS) is 13.8. The smallest absolute Gasteiger partial charge is 0.234 e. The van der Waals surface area contributed by atoms with Crippen LogP contribution >= 0.6 is 12.2 Å². The summed E-state index contributed by atoms with van der Waals surface area (Å²) in [5.41, 5.74) is 1.08. The fraction of sp³-hybridized carbons (Fsp3) is 0.389. The van der Waals surface area contributed by atoms with Crippen molar-refractivity contribution in [1.82, 2.24) is 15.3 Å². The Bertz CT molecular complexity index is 766. The zero-order valence-corrected chi connectivity index (χ0v) is 16.2. The van der Waals surface area contributed by atoms with Gasteiger partial charge in [0.05, 0.1) is 27.4 Å². The summed E-state index contributed by atoms with van der Waals surface area (Å²) >= 11 is 5.36. The van der Waals surface area contributed by atoms with Crippen LogP contribution in [0.2, 0.25) is 0 Å². The lowest BCUT2D eigenvalue weighted by Crippen LogP contribution is -2.37. The lowest BCUT2D eigenvalue weighted by atomic mass is 10.2. The number of nitrogens with zero attached hydrogens (tertiary/aromatic N) is 3. The van der Waals surface area contributed by atoms with Gasteiger partial charge in [0.1, 0.15) is 11.6 Å². The summed E-state index contributed by atoms with van der Waals surface area (Å²) in [6, 6.07) is 9.59. The Balaban J connectivity index is 1.61. The van der Waals surface area contributed by atoms with Crippen LogP contribution in [0.5, 0.6) is 11.6 Å². The summed E-state index contributed by atoms with van der Waals surface area (Å²) < 4.78 is 15.8. The van der Waals surface area contributed by atoms with Crippen molar-refractivity contribution in [3.8, 4) is 11.6 Å². The van der Waals surface area contributed by atoms with Crippen molar-refractivity contribution >= 4 is 29.1 Å². The highest BCUT2D eigenvalue weighted by molar-refractivity contribution is 7.80. The van der Waals surface area contributed by atoms with E-state index in [1.54, 1.807) is 14.2 Å². The highest BCUT2D eigenvalue weighted by atomic mass is 32.1. The fourth-order valence-corrected chi connectivity index (χ4v) is 2.76. The van der Waals surface area contributed by atoms with Crippen molar-refractivity contribution in [2.45, 2.75) is 6.54 Å². The Morgan fingerprint density at radius 3 is 2.56 bits per heavy atom. The third-order valence-electron chi connectivity index (χ3n) is 4.07. The van der Waals surface area contributed by atoms with Gasteiger partial charge in [-0.1, -0.05) is 12.1 Å². The summed E-state index contributed by atoms with van der Waals surface area (Å²) in [6.07, 6.45) is 0. The van der Waals surface area contributed by atoms with Gasteiger partial charge in [0.15, 0.2) is 5.11 Å². The van der Waals surface area contributed by atoms with Crippen LogP contribution < -0.4 is 25.0 Å². The van der Waals surface area contributed by atoms with E-state index < -0.39 is 0 Å². The number of ether oxygens (including phenoxy) is 3. The van der Waals surface area contributed by atoms with Gasteiger partial charge < -0.3 is 29.7 Å². The Morgan fingerprint density at radius 1 is 1.15 bits per heavy atom. The second-order valence-electron chi connectivity index (χ2n) is 5.85. The quantitative estimate of drug-likeness (QED) is 0.719. The molecule has 2 aromatic rings. The number of rotatable bonds is 6. The standard InChI is InChI=1S/C18H23N5O3S/c1-24-14-5-3-13(4-6-14)12-19-18(27)22-17-20-15(11-16(21-17)25-2)23-7-9-26-10-8-23/h3-6,11H,7-10,12H2,1-2H3,(H2,19,20,21,22,27). The molecule has 0 amide bonds. The molecule has 1 saturated heterocycles. The molecule has 0 unspecified atom stereocenters. The molecule has 1 aromatic heterocycles. The van der Waals surface area contributed by atoms with Gasteiger partial charge in [-0.15, -0.1) is 0 Å². The molecule has 0 aliphatic carbocycles. The highest BCUT2D eigenvalue weighted by Crippen LogP contribution is 2.20. The van der Waals surface area contributed by atoms with E-state index in [1.807, 2.05) is 30.3 Å². The molecule has 1 aromatic carbocycles. The van der Waals surface area contributed by atoms with Crippen molar-refractivity contribution in [1.29, 1.82) is 0 Å². The van der Waals surface area contributed by atoms with E-state index >= 15 is 0 Å². The Labute approximate surface area is 163 Å². The van der Waals surface area contributed by atoms with E-state index in [1.165, 1.54) is 0 Å². The lowest BCUT2D eigenvalue weighted by molar-refractivity contribution is 0.122. The number of anilines is 2. The van der Waals surface area contributed by atoms with Gasteiger partial charge in [-0.05, 0) is 29.9 Å². The van der Waals surface area contributed by atoms with Gasteiger partial charge in [-0.3, -0.25) is 0 Å². The molecule has 1 aliphatic heterocycles. The molecule has 0 spiro atoms. The molecule has 3 rings (SSSR count). The molecule has 1 aliphatic rings. The minimum absolute atomic E-state index is 0.392. The van der Waals surface area contributed by atoms with Crippen molar-refractivity contribution in [2.24, 2.45) is 0 Å². The average molecular weight is 389 g/mol. The molecule has 1 fully saturated rings. The molecule has 9 heteroatoms. The van der Waals surface area contributed by atoms with Crippen LogP contribution in [-0.2, 0) is 11.3 Å². The van der Waals surface area contributed by atoms with Gasteiger partial charge in [0.25, 0.3) is 0 Å². The van der Waals surface area contributed by atoms with E-state index in [0.29, 0.717) is 36.7 Å². The summed E-state index contributed by atoms with van der Waals surface area (Å²) in [6.45, 7) is 3.49. The molecule has 2 N–H and O–H groups in total.